The molecule has 0 amide bonds. The molecule has 0 saturated carbocycles. The lowest BCUT2D eigenvalue weighted by atomic mass is 10.4. The van der Waals surface area contributed by atoms with E-state index in [1.54, 1.807) is 6.20 Å². The first kappa shape index (κ1) is 10.8. The maximum atomic E-state index is 5.92. The fraction of sp³-hybridized carbons (Fsp3) is 0.273. The minimum Gasteiger partial charge on any atom is -0.335 e. The van der Waals surface area contributed by atoms with Crippen LogP contribution in [0, 0.1) is 0 Å². The molecule has 0 radical (unpaired) electrons. The van der Waals surface area contributed by atoms with E-state index in [4.69, 9.17) is 11.6 Å². The molecule has 4 nitrogen and oxygen atoms in total. The van der Waals surface area contributed by atoms with Crippen molar-refractivity contribution in [2.45, 2.75) is 19.9 Å². The first-order chi connectivity index (χ1) is 8.15. The van der Waals surface area contributed by atoms with E-state index in [0.29, 0.717) is 6.04 Å². The maximum absolute atomic E-state index is 5.92. The Morgan fingerprint density at radius 2 is 2.24 bits per heavy atom. The first-order valence-electron chi connectivity index (χ1n) is 5.34. The van der Waals surface area contributed by atoms with Crippen molar-refractivity contribution >= 4 is 34.1 Å². The van der Waals surface area contributed by atoms with Crippen molar-refractivity contribution in [1.82, 2.24) is 19.7 Å². The van der Waals surface area contributed by atoms with Crippen LogP contribution in [-0.2, 0) is 0 Å². The zero-order valence-corrected chi connectivity index (χ0v) is 11.0. The van der Waals surface area contributed by atoms with Crippen molar-refractivity contribution in [2.24, 2.45) is 0 Å². The van der Waals surface area contributed by atoms with Crippen LogP contribution in [0.15, 0.2) is 18.3 Å². The molecule has 0 aliphatic heterocycles. The summed E-state index contributed by atoms with van der Waals surface area (Å²) in [4.78, 5) is 8.88. The lowest BCUT2D eigenvalue weighted by Crippen LogP contribution is -2.02. The molecular weight excluding hydrogens is 256 g/mol. The highest BCUT2D eigenvalue weighted by Crippen LogP contribution is 2.30. The third kappa shape index (κ3) is 1.75. The molecule has 0 fully saturated rings. The van der Waals surface area contributed by atoms with E-state index in [2.05, 4.69) is 28.9 Å². The van der Waals surface area contributed by atoms with Crippen molar-refractivity contribution in [2.75, 3.05) is 0 Å². The molecule has 1 N–H and O–H groups in total. The summed E-state index contributed by atoms with van der Waals surface area (Å²) in [5.41, 5.74) is 1.85. The Labute approximate surface area is 107 Å². The molecular formula is C11H11ClN4S. The zero-order chi connectivity index (χ0) is 12.0. The standard InChI is InChI=1S/C11H11ClN4S/c1-6(2)16-11-7(5-13-16)14-10(15-11)8-3-4-9(12)17-8/h3-6H,1-2H3,(H,14,15). The van der Waals surface area contributed by atoms with Gasteiger partial charge in [0.15, 0.2) is 11.5 Å². The lowest BCUT2D eigenvalue weighted by Gasteiger charge is -2.03. The predicted molar refractivity (Wildman–Crippen MR) is 70.6 cm³/mol. The summed E-state index contributed by atoms with van der Waals surface area (Å²) in [6.45, 7) is 4.17. The smallest absolute Gasteiger partial charge is 0.177 e. The van der Waals surface area contributed by atoms with Crippen molar-refractivity contribution < 1.29 is 0 Å². The number of fused-ring (bicyclic) bond motifs is 1. The van der Waals surface area contributed by atoms with Crippen LogP contribution in [0.1, 0.15) is 19.9 Å². The van der Waals surface area contributed by atoms with Gasteiger partial charge >= 0.3 is 0 Å². The Kier molecular flexibility index (Phi) is 2.45. The minimum atomic E-state index is 0.301. The largest absolute Gasteiger partial charge is 0.335 e. The Bertz CT molecular complexity index is 664. The van der Waals surface area contributed by atoms with Gasteiger partial charge in [0.1, 0.15) is 5.52 Å². The highest BCUT2D eigenvalue weighted by Gasteiger charge is 2.13. The summed E-state index contributed by atoms with van der Waals surface area (Å²) in [6, 6.07) is 4.15. The van der Waals surface area contributed by atoms with Crippen LogP contribution in [-0.4, -0.2) is 19.7 Å². The van der Waals surface area contributed by atoms with Crippen LogP contribution in [0.3, 0.4) is 0 Å². The molecule has 0 bridgehead atoms. The molecule has 0 spiro atoms. The van der Waals surface area contributed by atoms with Gasteiger partial charge in [-0.05, 0) is 26.0 Å². The van der Waals surface area contributed by atoms with Crippen molar-refractivity contribution in [3.05, 3.63) is 22.7 Å². The van der Waals surface area contributed by atoms with Crippen molar-refractivity contribution in [3.8, 4) is 10.7 Å². The van der Waals surface area contributed by atoms with Crippen LogP contribution in [0.4, 0.5) is 0 Å². The fourth-order valence-electron chi connectivity index (χ4n) is 1.75. The number of hydrogen-bond donors (Lipinski definition) is 1. The van der Waals surface area contributed by atoms with Gasteiger partial charge in [0.2, 0.25) is 0 Å². The number of thiophene rings is 1. The number of nitrogens with zero attached hydrogens (tertiary/aromatic N) is 3. The molecule has 17 heavy (non-hydrogen) atoms. The van der Waals surface area contributed by atoms with Crippen LogP contribution in [0.5, 0.6) is 0 Å². The first-order valence-corrected chi connectivity index (χ1v) is 6.53. The molecule has 0 aromatic carbocycles. The number of rotatable bonds is 2. The average Bonchev–Trinajstić information content (AvgIpc) is 2.89. The van der Waals surface area contributed by atoms with Gasteiger partial charge in [-0.1, -0.05) is 11.6 Å². The van der Waals surface area contributed by atoms with Gasteiger partial charge in [-0.2, -0.15) is 5.10 Å². The van der Waals surface area contributed by atoms with Crippen LogP contribution >= 0.6 is 22.9 Å². The summed E-state index contributed by atoms with van der Waals surface area (Å²) < 4.78 is 2.68. The molecule has 0 saturated heterocycles. The summed E-state index contributed by atoms with van der Waals surface area (Å²) in [5, 5.41) is 4.30. The van der Waals surface area contributed by atoms with E-state index in [-0.39, 0.29) is 0 Å². The number of hydrogen-bond acceptors (Lipinski definition) is 3. The molecule has 3 aromatic rings. The Balaban J connectivity index is 2.14. The second-order valence-electron chi connectivity index (χ2n) is 4.11. The Hall–Kier alpha value is -1.33. The molecule has 0 unspecified atom stereocenters. The normalized spacial score (nSPS) is 11.8. The molecule has 3 heterocycles. The second-order valence-corrected chi connectivity index (χ2v) is 5.82. The van der Waals surface area contributed by atoms with E-state index in [1.165, 1.54) is 11.3 Å². The molecule has 88 valence electrons. The van der Waals surface area contributed by atoms with E-state index >= 15 is 0 Å². The minimum absolute atomic E-state index is 0.301. The summed E-state index contributed by atoms with van der Waals surface area (Å²) >= 11 is 7.44. The number of H-pyrrole nitrogens is 1. The molecule has 6 heteroatoms. The summed E-state index contributed by atoms with van der Waals surface area (Å²) in [7, 11) is 0. The van der Waals surface area contributed by atoms with Gasteiger partial charge in [-0.3, -0.25) is 0 Å². The number of imidazole rings is 1. The number of halogens is 1. The van der Waals surface area contributed by atoms with Crippen LogP contribution < -0.4 is 0 Å². The average molecular weight is 267 g/mol. The summed E-state index contributed by atoms with van der Waals surface area (Å²) in [6.07, 6.45) is 1.81. The van der Waals surface area contributed by atoms with Gasteiger partial charge in [-0.25, -0.2) is 9.67 Å². The predicted octanol–water partition coefficient (Wildman–Crippen LogP) is 3.72. The van der Waals surface area contributed by atoms with Crippen LogP contribution in [0.2, 0.25) is 4.34 Å². The highest BCUT2D eigenvalue weighted by molar-refractivity contribution is 7.19. The van der Waals surface area contributed by atoms with Gasteiger partial charge in [0, 0.05) is 6.04 Å². The summed E-state index contributed by atoms with van der Waals surface area (Å²) in [5.74, 6) is 0.851. The van der Waals surface area contributed by atoms with Crippen LogP contribution in [0.25, 0.3) is 21.9 Å². The lowest BCUT2D eigenvalue weighted by molar-refractivity contribution is 0.547. The SMILES string of the molecule is CC(C)n1ncc2[nH]c(-c3ccc(Cl)s3)nc21. The van der Waals surface area contributed by atoms with Crippen molar-refractivity contribution in [3.63, 3.8) is 0 Å². The maximum Gasteiger partial charge on any atom is 0.177 e. The monoisotopic (exact) mass is 266 g/mol. The van der Waals surface area contributed by atoms with Gasteiger partial charge < -0.3 is 4.98 Å². The quantitative estimate of drug-likeness (QED) is 0.768. The molecule has 3 aromatic heterocycles. The van der Waals surface area contributed by atoms with Gasteiger partial charge in [-0.15, -0.1) is 11.3 Å². The third-order valence-corrected chi connectivity index (χ3v) is 3.77. The third-order valence-electron chi connectivity index (χ3n) is 2.54. The van der Waals surface area contributed by atoms with E-state index in [9.17, 15) is 0 Å². The van der Waals surface area contributed by atoms with E-state index in [0.717, 1.165) is 26.2 Å². The Morgan fingerprint density at radius 1 is 1.41 bits per heavy atom. The molecule has 0 atom stereocenters. The fourth-order valence-corrected chi connectivity index (χ4v) is 2.74. The zero-order valence-electron chi connectivity index (χ0n) is 9.44. The Morgan fingerprint density at radius 3 is 2.88 bits per heavy atom. The number of aromatic amines is 1. The number of nitrogens with one attached hydrogen (secondary N) is 1. The number of aromatic nitrogens is 4. The van der Waals surface area contributed by atoms with E-state index < -0.39 is 0 Å². The van der Waals surface area contributed by atoms with Gasteiger partial charge in [0.25, 0.3) is 0 Å². The molecule has 3 rings (SSSR count). The van der Waals surface area contributed by atoms with Gasteiger partial charge in [0.05, 0.1) is 15.4 Å². The second kappa shape index (κ2) is 3.85. The highest BCUT2D eigenvalue weighted by atomic mass is 35.5. The molecule has 0 aliphatic carbocycles. The molecule has 0 aliphatic rings. The topological polar surface area (TPSA) is 46.5 Å². The van der Waals surface area contributed by atoms with E-state index in [1.807, 2.05) is 16.8 Å². The van der Waals surface area contributed by atoms with Crippen molar-refractivity contribution in [1.29, 1.82) is 0 Å².